The van der Waals surface area contributed by atoms with Crippen molar-refractivity contribution in [2.75, 3.05) is 5.75 Å². The summed E-state index contributed by atoms with van der Waals surface area (Å²) in [4.78, 5) is 10.5. The zero-order chi connectivity index (χ0) is 11.7. The van der Waals surface area contributed by atoms with Gasteiger partial charge in [0.1, 0.15) is 6.10 Å². The second-order valence-electron chi connectivity index (χ2n) is 3.80. The summed E-state index contributed by atoms with van der Waals surface area (Å²) in [5.41, 5.74) is 0. The summed E-state index contributed by atoms with van der Waals surface area (Å²) in [6, 6.07) is 0.330. The molecule has 0 bridgehead atoms. The number of aliphatic carboxylic acids is 1. The molecule has 0 unspecified atom stereocenters. The summed E-state index contributed by atoms with van der Waals surface area (Å²) in [5.74, 6) is -0.394. The van der Waals surface area contributed by atoms with E-state index in [1.807, 2.05) is 4.57 Å². The maximum absolute atomic E-state index is 10.5. The molecule has 16 heavy (non-hydrogen) atoms. The molecule has 1 aliphatic rings. The third-order valence-corrected chi connectivity index (χ3v) is 3.23. The number of carboxylic acids is 1. The van der Waals surface area contributed by atoms with Crippen molar-refractivity contribution in [2.24, 2.45) is 0 Å². The Bertz CT molecular complexity index is 401. The van der Waals surface area contributed by atoms with E-state index in [1.165, 1.54) is 0 Å². The number of aliphatic hydroxyl groups is 1. The third-order valence-electron chi connectivity index (χ3n) is 2.30. The number of nitrogens with zero attached hydrogens (tertiary/aromatic N) is 3. The minimum absolute atomic E-state index is 0.0370. The molecule has 1 aromatic heterocycles. The van der Waals surface area contributed by atoms with Crippen LogP contribution < -0.4 is 0 Å². The van der Waals surface area contributed by atoms with E-state index in [1.54, 1.807) is 6.92 Å². The predicted molar refractivity (Wildman–Crippen MR) is 57.3 cm³/mol. The molecule has 0 aromatic carbocycles. The fourth-order valence-corrected chi connectivity index (χ4v) is 2.21. The molecule has 88 valence electrons. The van der Waals surface area contributed by atoms with Crippen LogP contribution in [0.1, 0.15) is 37.7 Å². The lowest BCUT2D eigenvalue weighted by molar-refractivity contribution is -0.133. The van der Waals surface area contributed by atoms with Gasteiger partial charge in [-0.2, -0.15) is 0 Å². The first-order valence-corrected chi connectivity index (χ1v) is 6.05. The van der Waals surface area contributed by atoms with Crippen LogP contribution in [0.4, 0.5) is 0 Å². The Hall–Kier alpha value is -1.08. The topological polar surface area (TPSA) is 88.2 Å². The Kier molecular flexibility index (Phi) is 3.15. The highest BCUT2D eigenvalue weighted by Crippen LogP contribution is 2.39. The van der Waals surface area contributed by atoms with Gasteiger partial charge in [0.2, 0.25) is 0 Å². The fourth-order valence-electron chi connectivity index (χ4n) is 1.47. The number of aliphatic hydroxyl groups excluding tert-OH is 1. The van der Waals surface area contributed by atoms with Gasteiger partial charge in [-0.05, 0) is 19.8 Å². The second kappa shape index (κ2) is 4.42. The number of carbonyl (C=O) groups is 1. The lowest BCUT2D eigenvalue weighted by Gasteiger charge is -2.09. The average Bonchev–Trinajstić information content (AvgIpc) is 2.95. The zero-order valence-electron chi connectivity index (χ0n) is 8.83. The van der Waals surface area contributed by atoms with Crippen LogP contribution in [0.15, 0.2) is 5.16 Å². The lowest BCUT2D eigenvalue weighted by atomic mass is 10.4. The van der Waals surface area contributed by atoms with Crippen molar-refractivity contribution in [1.82, 2.24) is 14.8 Å². The summed E-state index contributed by atoms with van der Waals surface area (Å²) in [7, 11) is 0. The molecule has 0 saturated heterocycles. The van der Waals surface area contributed by atoms with Crippen molar-refractivity contribution in [3.63, 3.8) is 0 Å². The summed E-state index contributed by atoms with van der Waals surface area (Å²) in [5, 5.41) is 26.5. The smallest absolute Gasteiger partial charge is 0.313 e. The summed E-state index contributed by atoms with van der Waals surface area (Å²) in [6.45, 7) is 1.63. The Morgan fingerprint density at radius 2 is 2.31 bits per heavy atom. The van der Waals surface area contributed by atoms with E-state index in [-0.39, 0.29) is 5.75 Å². The van der Waals surface area contributed by atoms with Gasteiger partial charge in [0.05, 0.1) is 5.75 Å². The van der Waals surface area contributed by atoms with Crippen LogP contribution in [0.25, 0.3) is 0 Å². The summed E-state index contributed by atoms with van der Waals surface area (Å²) >= 11 is 1.14. The van der Waals surface area contributed by atoms with Crippen molar-refractivity contribution in [1.29, 1.82) is 0 Å². The first-order chi connectivity index (χ1) is 7.59. The number of thioether (sulfide) groups is 1. The molecule has 1 heterocycles. The SMILES string of the molecule is C[C@H](O)c1nnc(SCC(=O)O)n1C1CC1. The molecule has 2 N–H and O–H groups in total. The minimum Gasteiger partial charge on any atom is -0.481 e. The molecule has 1 aliphatic carbocycles. The molecule has 1 aromatic rings. The Morgan fingerprint density at radius 3 is 2.81 bits per heavy atom. The van der Waals surface area contributed by atoms with E-state index < -0.39 is 12.1 Å². The highest BCUT2D eigenvalue weighted by atomic mass is 32.2. The van der Waals surface area contributed by atoms with Crippen molar-refractivity contribution < 1.29 is 15.0 Å². The molecule has 2 rings (SSSR count). The summed E-state index contributed by atoms with van der Waals surface area (Å²) < 4.78 is 1.86. The van der Waals surface area contributed by atoms with Gasteiger partial charge in [-0.25, -0.2) is 0 Å². The Labute approximate surface area is 96.7 Å². The van der Waals surface area contributed by atoms with Crippen molar-refractivity contribution in [3.05, 3.63) is 5.82 Å². The quantitative estimate of drug-likeness (QED) is 0.745. The normalized spacial score (nSPS) is 17.4. The maximum Gasteiger partial charge on any atom is 0.313 e. The standard InChI is InChI=1S/C9H13N3O3S/c1-5(13)8-10-11-9(16-4-7(14)15)12(8)6-2-3-6/h5-6,13H,2-4H2,1H3,(H,14,15)/t5-/m0/s1. The van der Waals surface area contributed by atoms with Crippen molar-refractivity contribution in [2.45, 2.75) is 37.1 Å². The molecule has 1 saturated carbocycles. The molecule has 0 aliphatic heterocycles. The fraction of sp³-hybridized carbons (Fsp3) is 0.667. The van der Waals surface area contributed by atoms with Crippen LogP contribution in [-0.4, -0.2) is 36.7 Å². The number of hydrogen-bond donors (Lipinski definition) is 2. The maximum atomic E-state index is 10.5. The van der Waals surface area contributed by atoms with Gasteiger partial charge in [-0.1, -0.05) is 11.8 Å². The van der Waals surface area contributed by atoms with Crippen molar-refractivity contribution in [3.8, 4) is 0 Å². The van der Waals surface area contributed by atoms with E-state index in [4.69, 9.17) is 5.11 Å². The van der Waals surface area contributed by atoms with Crippen LogP contribution in [-0.2, 0) is 4.79 Å². The molecule has 0 spiro atoms. The van der Waals surface area contributed by atoms with Gasteiger partial charge in [0.25, 0.3) is 0 Å². The molecule has 7 heteroatoms. The van der Waals surface area contributed by atoms with Gasteiger partial charge in [0, 0.05) is 6.04 Å². The van der Waals surface area contributed by atoms with Gasteiger partial charge < -0.3 is 14.8 Å². The van der Waals surface area contributed by atoms with Crippen LogP contribution >= 0.6 is 11.8 Å². The molecule has 6 nitrogen and oxygen atoms in total. The van der Waals surface area contributed by atoms with Gasteiger partial charge >= 0.3 is 5.97 Å². The molecular weight excluding hydrogens is 230 g/mol. The second-order valence-corrected chi connectivity index (χ2v) is 4.74. The number of hydrogen-bond acceptors (Lipinski definition) is 5. The zero-order valence-corrected chi connectivity index (χ0v) is 9.65. The summed E-state index contributed by atoms with van der Waals surface area (Å²) in [6.07, 6.45) is 1.41. The van der Waals surface area contributed by atoms with E-state index in [9.17, 15) is 9.90 Å². The van der Waals surface area contributed by atoms with Crippen molar-refractivity contribution >= 4 is 17.7 Å². The average molecular weight is 243 g/mol. The third kappa shape index (κ3) is 2.35. The first-order valence-electron chi connectivity index (χ1n) is 5.07. The van der Waals surface area contributed by atoms with E-state index in [2.05, 4.69) is 10.2 Å². The number of carboxylic acid groups (broad SMARTS) is 1. The Balaban J connectivity index is 2.20. The van der Waals surface area contributed by atoms with Crippen LogP contribution in [0.2, 0.25) is 0 Å². The molecule has 1 fully saturated rings. The van der Waals surface area contributed by atoms with Crippen LogP contribution in [0.5, 0.6) is 0 Å². The van der Waals surface area contributed by atoms with Gasteiger partial charge in [0.15, 0.2) is 11.0 Å². The molecular formula is C9H13N3O3S. The van der Waals surface area contributed by atoms with E-state index in [0.717, 1.165) is 24.6 Å². The van der Waals surface area contributed by atoms with Gasteiger partial charge in [-0.15, -0.1) is 10.2 Å². The highest BCUT2D eigenvalue weighted by molar-refractivity contribution is 7.99. The molecule has 0 amide bonds. The Morgan fingerprint density at radius 1 is 1.62 bits per heavy atom. The largest absolute Gasteiger partial charge is 0.481 e. The van der Waals surface area contributed by atoms with Crippen LogP contribution in [0, 0.1) is 0 Å². The highest BCUT2D eigenvalue weighted by Gasteiger charge is 2.31. The number of rotatable bonds is 5. The van der Waals surface area contributed by atoms with E-state index >= 15 is 0 Å². The predicted octanol–water partition coefficient (Wildman–Crippen LogP) is 0.843. The minimum atomic E-state index is -0.881. The monoisotopic (exact) mass is 243 g/mol. The van der Waals surface area contributed by atoms with E-state index in [0.29, 0.717) is 17.0 Å². The molecule has 1 atom stereocenters. The lowest BCUT2D eigenvalue weighted by Crippen LogP contribution is -2.07. The van der Waals surface area contributed by atoms with Gasteiger partial charge in [-0.3, -0.25) is 4.79 Å². The first kappa shape index (κ1) is 11.4. The molecule has 0 radical (unpaired) electrons. The number of aromatic nitrogens is 3. The van der Waals surface area contributed by atoms with Crippen LogP contribution in [0.3, 0.4) is 0 Å².